The molecule has 13 nitrogen and oxygen atoms in total. The maximum absolute atomic E-state index is 14.4. The molecule has 0 saturated carbocycles. The van der Waals surface area contributed by atoms with Gasteiger partial charge in [0.1, 0.15) is 18.2 Å². The van der Waals surface area contributed by atoms with Crippen molar-refractivity contribution in [1.29, 1.82) is 0 Å². The Morgan fingerprint density at radius 2 is 1.78 bits per heavy atom. The van der Waals surface area contributed by atoms with E-state index in [2.05, 4.69) is 15.6 Å². The number of carboxylic acid groups (broad SMARTS) is 1. The minimum atomic E-state index is -1.29. The first-order valence-corrected chi connectivity index (χ1v) is 15.1. The summed E-state index contributed by atoms with van der Waals surface area (Å²) in [6.07, 6.45) is 1.08. The summed E-state index contributed by atoms with van der Waals surface area (Å²) in [5.41, 5.74) is 8.21. The van der Waals surface area contributed by atoms with E-state index in [0.29, 0.717) is 17.6 Å². The summed E-state index contributed by atoms with van der Waals surface area (Å²) in [4.78, 5) is 58.9. The average molecular weight is 618 g/mol. The van der Waals surface area contributed by atoms with Crippen LogP contribution in [0.25, 0.3) is 10.9 Å². The molecule has 3 aromatic rings. The Morgan fingerprint density at radius 3 is 2.51 bits per heavy atom. The molecule has 2 aromatic carbocycles. The summed E-state index contributed by atoms with van der Waals surface area (Å²) in [6.45, 7) is 0.161. The van der Waals surface area contributed by atoms with Crippen LogP contribution in [0, 0.1) is 0 Å². The van der Waals surface area contributed by atoms with E-state index in [4.69, 9.17) is 5.73 Å². The normalized spacial score (nSPS) is 22.3. The van der Waals surface area contributed by atoms with Crippen LogP contribution in [0.5, 0.6) is 0 Å². The Balaban J connectivity index is 1.42. The number of nitrogens with two attached hydrogens (primary N) is 1. The van der Waals surface area contributed by atoms with Crippen LogP contribution in [0.3, 0.4) is 0 Å². The number of amides is 3. The highest BCUT2D eigenvalue weighted by Gasteiger charge is 2.47. The minimum absolute atomic E-state index is 0.0101. The number of hydrogen-bond donors (Lipinski definition) is 5. The van der Waals surface area contributed by atoms with Crippen molar-refractivity contribution >= 4 is 40.3 Å². The molecule has 13 heteroatoms. The number of fused-ring (bicyclic) bond motifs is 1. The highest BCUT2D eigenvalue weighted by molar-refractivity contribution is 6.00. The summed E-state index contributed by atoms with van der Waals surface area (Å²) < 4.78 is 0. The molecule has 5 rings (SSSR count). The molecule has 1 aromatic heterocycles. The lowest BCUT2D eigenvalue weighted by atomic mass is 10.1. The molecule has 6 N–H and O–H groups in total. The molecular formula is C32H39N7O6. The second-order valence-electron chi connectivity index (χ2n) is 11.6. The molecule has 45 heavy (non-hydrogen) atoms. The Kier molecular flexibility index (Phi) is 10.0. The van der Waals surface area contributed by atoms with Gasteiger partial charge in [0.2, 0.25) is 11.8 Å². The number of para-hydroxylation sites is 1. The van der Waals surface area contributed by atoms with Gasteiger partial charge in [-0.25, -0.2) is 5.01 Å². The number of rotatable bonds is 11. The summed E-state index contributed by atoms with van der Waals surface area (Å²) in [5.74, 6) is -2.62. The van der Waals surface area contributed by atoms with Crippen molar-refractivity contribution in [3.8, 4) is 0 Å². The number of likely N-dealkylation sites (N-methyl/N-ethyl adjacent to an activating group) is 1. The lowest BCUT2D eigenvalue weighted by Crippen LogP contribution is -2.58. The second kappa shape index (κ2) is 14.1. The van der Waals surface area contributed by atoms with Gasteiger partial charge in [-0.3, -0.25) is 24.2 Å². The molecule has 0 radical (unpaired) electrons. The summed E-state index contributed by atoms with van der Waals surface area (Å²) >= 11 is 0. The van der Waals surface area contributed by atoms with E-state index in [9.17, 15) is 29.4 Å². The largest absolute Gasteiger partial charge is 0.480 e. The van der Waals surface area contributed by atoms with E-state index < -0.39 is 48.1 Å². The van der Waals surface area contributed by atoms with Crippen LogP contribution in [0.4, 0.5) is 5.69 Å². The number of aliphatic hydroxyl groups is 1. The predicted octanol–water partition coefficient (Wildman–Crippen LogP) is 0.268. The third kappa shape index (κ3) is 7.28. The van der Waals surface area contributed by atoms with Crippen molar-refractivity contribution in [2.45, 2.75) is 56.0 Å². The molecule has 2 aliphatic heterocycles. The fraction of sp³-hybridized carbons (Fsp3) is 0.406. The molecule has 0 spiro atoms. The number of hydrogen-bond acceptors (Lipinski definition) is 9. The van der Waals surface area contributed by atoms with Crippen LogP contribution >= 0.6 is 0 Å². The van der Waals surface area contributed by atoms with Crippen LogP contribution in [-0.4, -0.2) is 106 Å². The van der Waals surface area contributed by atoms with Crippen molar-refractivity contribution in [2.75, 3.05) is 31.7 Å². The van der Waals surface area contributed by atoms with Gasteiger partial charge < -0.3 is 31.5 Å². The lowest BCUT2D eigenvalue weighted by molar-refractivity contribution is -0.144. The number of aryl methyl sites for hydroxylation is 1. The highest BCUT2D eigenvalue weighted by Crippen LogP contribution is 2.31. The molecule has 0 bridgehead atoms. The Labute approximate surface area is 261 Å². The van der Waals surface area contributed by atoms with E-state index in [1.807, 2.05) is 54.6 Å². The van der Waals surface area contributed by atoms with Crippen LogP contribution in [-0.2, 0) is 25.6 Å². The van der Waals surface area contributed by atoms with Crippen LogP contribution in [0.1, 0.15) is 24.8 Å². The van der Waals surface area contributed by atoms with E-state index >= 15 is 0 Å². The topological polar surface area (TPSA) is 181 Å². The second-order valence-corrected chi connectivity index (χ2v) is 11.6. The van der Waals surface area contributed by atoms with Gasteiger partial charge in [-0.05, 0) is 50.4 Å². The summed E-state index contributed by atoms with van der Waals surface area (Å²) in [7, 11) is 1.63. The third-order valence-corrected chi connectivity index (χ3v) is 8.31. The van der Waals surface area contributed by atoms with Crippen molar-refractivity contribution in [2.24, 2.45) is 5.73 Å². The van der Waals surface area contributed by atoms with Gasteiger partial charge in [-0.1, -0.05) is 48.5 Å². The number of aliphatic carboxylic acids is 1. The molecule has 3 heterocycles. The molecule has 2 unspecified atom stereocenters. The molecular weight excluding hydrogens is 578 g/mol. The smallest absolute Gasteiger partial charge is 0.322 e. The minimum Gasteiger partial charge on any atom is -0.480 e. The maximum atomic E-state index is 14.4. The van der Waals surface area contributed by atoms with Crippen molar-refractivity contribution < 1.29 is 29.4 Å². The van der Waals surface area contributed by atoms with Gasteiger partial charge >= 0.3 is 5.97 Å². The molecule has 2 fully saturated rings. The van der Waals surface area contributed by atoms with Gasteiger partial charge in [-0.15, -0.1) is 0 Å². The Bertz CT molecular complexity index is 1540. The van der Waals surface area contributed by atoms with Gasteiger partial charge in [0.15, 0.2) is 0 Å². The zero-order valence-corrected chi connectivity index (χ0v) is 25.1. The molecule has 2 aliphatic rings. The Morgan fingerprint density at radius 1 is 1.04 bits per heavy atom. The number of likely N-dealkylation sites (tertiary alicyclic amines) is 1. The molecule has 3 amide bonds. The lowest BCUT2D eigenvalue weighted by Gasteiger charge is -2.37. The first-order chi connectivity index (χ1) is 21.7. The standard InChI is InChI=1S/C32H39N7O6/c1-34-17-29(41)37-18-22(33)14-26(37)31(43)39(24-13-21-9-5-6-10-25(21)35-16-24)38-19-23(15-27(38)32(44)45)36-30(42)28(40)12-11-20-7-3-2-4-8-20/h2-10,13,16,22-23,26-28,34,40H,11-12,14-15,17-19,33H2,1H3,(H,36,42)(H,44,45)/t22?,23?,26-,27+,28-/m1/s1. The fourth-order valence-electron chi connectivity index (χ4n) is 6.10. The summed E-state index contributed by atoms with van der Waals surface area (Å²) in [5, 5.41) is 29.9. The van der Waals surface area contributed by atoms with Crippen LogP contribution in [0.2, 0.25) is 0 Å². The third-order valence-electron chi connectivity index (χ3n) is 8.31. The molecule has 0 aliphatic carbocycles. The zero-order chi connectivity index (χ0) is 32.1. The molecule has 2 saturated heterocycles. The average Bonchev–Trinajstić information content (AvgIpc) is 3.64. The van der Waals surface area contributed by atoms with Gasteiger partial charge in [-0.2, -0.15) is 5.01 Å². The monoisotopic (exact) mass is 617 g/mol. The van der Waals surface area contributed by atoms with Crippen LogP contribution in [0.15, 0.2) is 66.9 Å². The quantitative estimate of drug-likeness (QED) is 0.200. The van der Waals surface area contributed by atoms with Crippen molar-refractivity contribution in [3.63, 3.8) is 0 Å². The first-order valence-electron chi connectivity index (χ1n) is 15.1. The first kappa shape index (κ1) is 32.0. The van der Waals surface area contributed by atoms with E-state index in [1.54, 1.807) is 13.1 Å². The number of hydrazine groups is 1. The van der Waals surface area contributed by atoms with Crippen molar-refractivity contribution in [1.82, 2.24) is 25.5 Å². The number of benzene rings is 2. The number of carbonyl (C=O) groups excluding carboxylic acids is 3. The summed E-state index contributed by atoms with van der Waals surface area (Å²) in [6, 6.07) is 15.3. The van der Waals surface area contributed by atoms with E-state index in [1.165, 1.54) is 21.1 Å². The van der Waals surface area contributed by atoms with Gasteiger partial charge in [0, 0.05) is 30.6 Å². The fourth-order valence-corrected chi connectivity index (χ4v) is 6.10. The number of pyridine rings is 1. The number of aromatic nitrogens is 1. The number of carboxylic acids is 1. The molecule has 5 atom stereocenters. The van der Waals surface area contributed by atoms with E-state index in [-0.39, 0.29) is 44.8 Å². The Hall–Kier alpha value is -4.43. The number of nitrogens with zero attached hydrogens (tertiary/aromatic N) is 4. The SMILES string of the molecule is CNCC(=O)N1CC(N)C[C@@H]1C(=O)N(c1cnc2ccccc2c1)N1CC(NC(=O)[C@H](O)CCc2ccccc2)C[C@H]1C(=O)O. The van der Waals surface area contributed by atoms with Gasteiger partial charge in [0.25, 0.3) is 5.91 Å². The van der Waals surface area contributed by atoms with Crippen LogP contribution < -0.4 is 21.4 Å². The van der Waals surface area contributed by atoms with Gasteiger partial charge in [0.05, 0.1) is 23.9 Å². The number of aliphatic hydroxyl groups excluding tert-OH is 1. The highest BCUT2D eigenvalue weighted by atomic mass is 16.4. The number of nitrogens with one attached hydrogen (secondary N) is 2. The number of anilines is 1. The predicted molar refractivity (Wildman–Crippen MR) is 167 cm³/mol. The maximum Gasteiger partial charge on any atom is 0.322 e. The zero-order valence-electron chi connectivity index (χ0n) is 25.1. The number of carbonyl (C=O) groups is 4. The van der Waals surface area contributed by atoms with Crippen molar-refractivity contribution in [3.05, 3.63) is 72.4 Å². The molecule has 238 valence electrons. The van der Waals surface area contributed by atoms with E-state index in [0.717, 1.165) is 10.9 Å².